The number of fused-ring (bicyclic) bond motifs is 1. The highest BCUT2D eigenvalue weighted by Crippen LogP contribution is 2.36. The summed E-state index contributed by atoms with van der Waals surface area (Å²) in [6.45, 7) is 6.73. The molecular formula is C19H25N3O2S2. The molecular weight excluding hydrogens is 366 g/mol. The SMILES string of the molecule is CCS(=O)(=O)N1CCc2cc(-c3csc(N4CCC(C)CC4)n3)ccc21. The lowest BCUT2D eigenvalue weighted by atomic mass is 10.00. The molecule has 1 aromatic carbocycles. The molecule has 0 radical (unpaired) electrons. The van der Waals surface area contributed by atoms with E-state index in [1.54, 1.807) is 22.6 Å². The minimum atomic E-state index is -3.19. The van der Waals surface area contributed by atoms with Crippen molar-refractivity contribution in [3.8, 4) is 11.3 Å². The van der Waals surface area contributed by atoms with E-state index in [2.05, 4.69) is 23.3 Å². The van der Waals surface area contributed by atoms with Gasteiger partial charge in [0.25, 0.3) is 0 Å². The normalized spacial score (nSPS) is 18.4. The van der Waals surface area contributed by atoms with Gasteiger partial charge < -0.3 is 4.90 Å². The van der Waals surface area contributed by atoms with E-state index < -0.39 is 10.0 Å². The van der Waals surface area contributed by atoms with Crippen LogP contribution in [0.3, 0.4) is 0 Å². The molecule has 1 fully saturated rings. The Morgan fingerprint density at radius 3 is 2.73 bits per heavy atom. The Balaban J connectivity index is 1.57. The molecule has 3 heterocycles. The fourth-order valence-electron chi connectivity index (χ4n) is 3.72. The van der Waals surface area contributed by atoms with Gasteiger partial charge in [-0.2, -0.15) is 0 Å². The summed E-state index contributed by atoms with van der Waals surface area (Å²) >= 11 is 1.70. The molecule has 1 aromatic heterocycles. The van der Waals surface area contributed by atoms with E-state index in [0.717, 1.165) is 53.1 Å². The smallest absolute Gasteiger partial charge is 0.234 e. The van der Waals surface area contributed by atoms with Crippen LogP contribution in [-0.2, 0) is 16.4 Å². The topological polar surface area (TPSA) is 53.5 Å². The van der Waals surface area contributed by atoms with Crippen LogP contribution in [0, 0.1) is 5.92 Å². The van der Waals surface area contributed by atoms with Crippen LogP contribution in [0.15, 0.2) is 23.6 Å². The average Bonchev–Trinajstić information content (AvgIpc) is 3.29. The van der Waals surface area contributed by atoms with Gasteiger partial charge in [-0.25, -0.2) is 13.4 Å². The van der Waals surface area contributed by atoms with Gasteiger partial charge in [0.1, 0.15) is 0 Å². The molecule has 0 amide bonds. The standard InChI is InChI=1S/C19H25N3O2S2/c1-3-26(23,24)22-11-8-16-12-15(4-5-18(16)22)17-13-25-19(20-17)21-9-6-14(2)7-10-21/h4-5,12-14H,3,6-11H2,1-2H3. The fourth-order valence-corrected chi connectivity index (χ4v) is 5.77. The zero-order valence-corrected chi connectivity index (χ0v) is 16.9. The molecule has 140 valence electrons. The summed E-state index contributed by atoms with van der Waals surface area (Å²) in [5.41, 5.74) is 3.99. The van der Waals surface area contributed by atoms with E-state index in [0.29, 0.717) is 6.54 Å². The van der Waals surface area contributed by atoms with Gasteiger partial charge in [0, 0.05) is 30.6 Å². The van der Waals surface area contributed by atoms with Crippen LogP contribution in [-0.4, -0.2) is 38.8 Å². The molecule has 4 rings (SSSR count). The third kappa shape index (κ3) is 3.22. The lowest BCUT2D eigenvalue weighted by Crippen LogP contribution is -2.32. The van der Waals surface area contributed by atoms with Gasteiger partial charge in [0.05, 0.1) is 17.1 Å². The van der Waals surface area contributed by atoms with Gasteiger partial charge in [-0.15, -0.1) is 11.3 Å². The second-order valence-corrected chi connectivity index (χ2v) is 10.3. The molecule has 2 aliphatic rings. The molecule has 26 heavy (non-hydrogen) atoms. The molecule has 0 unspecified atom stereocenters. The number of hydrogen-bond acceptors (Lipinski definition) is 5. The Morgan fingerprint density at radius 2 is 2.00 bits per heavy atom. The first kappa shape index (κ1) is 17.8. The van der Waals surface area contributed by atoms with Gasteiger partial charge in [-0.1, -0.05) is 13.0 Å². The van der Waals surface area contributed by atoms with Crippen molar-refractivity contribution < 1.29 is 8.42 Å². The van der Waals surface area contributed by atoms with Gasteiger partial charge in [0.15, 0.2) is 5.13 Å². The predicted molar refractivity (Wildman–Crippen MR) is 109 cm³/mol. The number of anilines is 2. The van der Waals surface area contributed by atoms with E-state index in [1.807, 2.05) is 12.1 Å². The highest BCUT2D eigenvalue weighted by atomic mass is 32.2. The lowest BCUT2D eigenvalue weighted by Gasteiger charge is -2.29. The Morgan fingerprint density at radius 1 is 1.23 bits per heavy atom. The van der Waals surface area contributed by atoms with Crippen LogP contribution in [0.25, 0.3) is 11.3 Å². The maximum Gasteiger partial charge on any atom is 0.234 e. The summed E-state index contributed by atoms with van der Waals surface area (Å²) in [5, 5.41) is 3.22. The monoisotopic (exact) mass is 391 g/mol. The minimum Gasteiger partial charge on any atom is -0.348 e. The number of thiazole rings is 1. The Hall–Kier alpha value is -1.60. The van der Waals surface area contributed by atoms with Crippen molar-refractivity contribution in [3.63, 3.8) is 0 Å². The first-order valence-corrected chi connectivity index (χ1v) is 11.8. The van der Waals surface area contributed by atoms with Crippen molar-refractivity contribution >= 4 is 32.2 Å². The average molecular weight is 392 g/mol. The predicted octanol–water partition coefficient (Wildman–Crippen LogP) is 3.76. The van der Waals surface area contributed by atoms with Crippen LogP contribution in [0.4, 0.5) is 10.8 Å². The molecule has 0 atom stereocenters. The summed E-state index contributed by atoms with van der Waals surface area (Å²) in [5.74, 6) is 0.947. The van der Waals surface area contributed by atoms with Crippen LogP contribution in [0.5, 0.6) is 0 Å². The van der Waals surface area contributed by atoms with E-state index in [1.165, 1.54) is 12.8 Å². The van der Waals surface area contributed by atoms with Crippen molar-refractivity contribution in [2.24, 2.45) is 5.92 Å². The third-order valence-electron chi connectivity index (χ3n) is 5.47. The Bertz CT molecular complexity index is 899. The maximum absolute atomic E-state index is 12.2. The highest BCUT2D eigenvalue weighted by molar-refractivity contribution is 7.92. The zero-order valence-electron chi connectivity index (χ0n) is 15.3. The summed E-state index contributed by atoms with van der Waals surface area (Å²) in [7, 11) is -3.19. The van der Waals surface area contributed by atoms with Crippen LogP contribution in [0.2, 0.25) is 0 Å². The molecule has 2 aliphatic heterocycles. The van der Waals surface area contributed by atoms with Crippen molar-refractivity contribution in [1.82, 2.24) is 4.98 Å². The summed E-state index contributed by atoms with van der Waals surface area (Å²) in [4.78, 5) is 7.24. The number of rotatable bonds is 4. The Kier molecular flexibility index (Phi) is 4.69. The van der Waals surface area contributed by atoms with Crippen LogP contribution in [0.1, 0.15) is 32.3 Å². The van der Waals surface area contributed by atoms with Crippen molar-refractivity contribution in [2.75, 3.05) is 34.6 Å². The number of nitrogens with zero attached hydrogens (tertiary/aromatic N) is 3. The van der Waals surface area contributed by atoms with Gasteiger partial charge in [-0.3, -0.25) is 4.31 Å². The van der Waals surface area contributed by atoms with Crippen LogP contribution >= 0.6 is 11.3 Å². The first-order chi connectivity index (χ1) is 12.5. The fraction of sp³-hybridized carbons (Fsp3) is 0.526. The summed E-state index contributed by atoms with van der Waals surface area (Å²) < 4.78 is 26.0. The second kappa shape index (κ2) is 6.85. The Labute approximate surface area is 159 Å². The maximum atomic E-state index is 12.2. The van der Waals surface area contributed by atoms with Crippen molar-refractivity contribution in [1.29, 1.82) is 0 Å². The quantitative estimate of drug-likeness (QED) is 0.796. The molecule has 0 saturated carbocycles. The van der Waals surface area contributed by atoms with E-state index in [4.69, 9.17) is 4.98 Å². The summed E-state index contributed by atoms with van der Waals surface area (Å²) in [6, 6.07) is 6.05. The van der Waals surface area contributed by atoms with E-state index in [9.17, 15) is 8.42 Å². The summed E-state index contributed by atoms with van der Waals surface area (Å²) in [6.07, 6.45) is 3.23. The van der Waals surface area contributed by atoms with E-state index in [-0.39, 0.29) is 5.75 Å². The molecule has 0 aliphatic carbocycles. The number of benzene rings is 1. The molecule has 2 aromatic rings. The van der Waals surface area contributed by atoms with Gasteiger partial charge >= 0.3 is 0 Å². The molecule has 7 heteroatoms. The second-order valence-electron chi connectivity index (χ2n) is 7.25. The number of sulfonamides is 1. The first-order valence-electron chi connectivity index (χ1n) is 9.32. The van der Waals surface area contributed by atoms with E-state index >= 15 is 0 Å². The number of piperidine rings is 1. The minimum absolute atomic E-state index is 0.137. The van der Waals surface area contributed by atoms with Crippen molar-refractivity contribution in [3.05, 3.63) is 29.1 Å². The highest BCUT2D eigenvalue weighted by Gasteiger charge is 2.28. The lowest BCUT2D eigenvalue weighted by molar-refractivity contribution is 0.438. The van der Waals surface area contributed by atoms with Gasteiger partial charge in [0.2, 0.25) is 10.0 Å². The zero-order chi connectivity index (χ0) is 18.3. The molecule has 5 nitrogen and oxygen atoms in total. The molecule has 1 saturated heterocycles. The molecule has 0 N–H and O–H groups in total. The number of hydrogen-bond donors (Lipinski definition) is 0. The van der Waals surface area contributed by atoms with Crippen LogP contribution < -0.4 is 9.21 Å². The molecule has 0 bridgehead atoms. The molecule has 0 spiro atoms. The number of aromatic nitrogens is 1. The van der Waals surface area contributed by atoms with Crippen molar-refractivity contribution in [2.45, 2.75) is 33.1 Å². The largest absolute Gasteiger partial charge is 0.348 e. The van der Waals surface area contributed by atoms with Gasteiger partial charge in [-0.05, 0) is 49.8 Å². The third-order valence-corrected chi connectivity index (χ3v) is 8.16.